The summed E-state index contributed by atoms with van der Waals surface area (Å²) in [5.41, 5.74) is 0.753. The molecule has 20 heavy (non-hydrogen) atoms. The minimum Gasteiger partial charge on any atom is -0.393 e. The fourth-order valence-electron chi connectivity index (χ4n) is 2.42. The molecule has 2 unspecified atom stereocenters. The molecule has 2 atom stereocenters. The van der Waals surface area contributed by atoms with Gasteiger partial charge in [0.1, 0.15) is 0 Å². The van der Waals surface area contributed by atoms with Crippen molar-refractivity contribution in [3.63, 3.8) is 0 Å². The van der Waals surface area contributed by atoms with Gasteiger partial charge in [0.05, 0.1) is 30.3 Å². The summed E-state index contributed by atoms with van der Waals surface area (Å²) in [4.78, 5) is 16.9. The molecule has 0 aromatic carbocycles. The van der Waals surface area contributed by atoms with Crippen LogP contribution in [0.3, 0.4) is 0 Å². The zero-order chi connectivity index (χ0) is 14.7. The first-order chi connectivity index (χ1) is 9.49. The predicted molar refractivity (Wildman–Crippen MR) is 73.9 cm³/mol. The maximum atomic E-state index is 11.2. The molecule has 1 fully saturated rings. The minimum absolute atomic E-state index is 0.00231. The highest BCUT2D eigenvalue weighted by atomic mass is 16.6. The van der Waals surface area contributed by atoms with Gasteiger partial charge in [-0.25, -0.2) is 4.98 Å². The number of aliphatic hydroxyl groups excluding tert-OH is 1. The minimum atomic E-state index is -0.492. The standard InChI is InChI=1S/C13H19N3O4/c1-9-5-12(16(18)19)13(14-7-9)15-3-4-20-8-11(15)6-10(2)17/h5,7,10-11,17H,3-4,6,8H2,1-2H3. The Morgan fingerprint density at radius 3 is 3.10 bits per heavy atom. The van der Waals surface area contributed by atoms with Crippen LogP contribution in [0.5, 0.6) is 0 Å². The number of aliphatic hydroxyl groups is 1. The van der Waals surface area contributed by atoms with Gasteiger partial charge >= 0.3 is 5.69 Å². The van der Waals surface area contributed by atoms with E-state index in [-0.39, 0.29) is 11.7 Å². The summed E-state index contributed by atoms with van der Waals surface area (Å²) in [7, 11) is 0. The van der Waals surface area contributed by atoms with Crippen molar-refractivity contribution in [3.8, 4) is 0 Å². The molecule has 1 aliphatic rings. The van der Waals surface area contributed by atoms with Crippen LogP contribution in [-0.4, -0.2) is 46.9 Å². The average molecular weight is 281 g/mol. The van der Waals surface area contributed by atoms with Gasteiger partial charge in [-0.1, -0.05) is 0 Å². The van der Waals surface area contributed by atoms with Crippen molar-refractivity contribution in [1.29, 1.82) is 0 Å². The summed E-state index contributed by atoms with van der Waals surface area (Å²) in [6.45, 7) is 4.95. The van der Waals surface area contributed by atoms with Gasteiger partial charge in [-0.05, 0) is 25.8 Å². The van der Waals surface area contributed by atoms with Gasteiger partial charge in [-0.15, -0.1) is 0 Å². The third kappa shape index (κ3) is 3.23. The molecule has 110 valence electrons. The molecule has 0 bridgehead atoms. The van der Waals surface area contributed by atoms with E-state index in [1.54, 1.807) is 20.0 Å². The lowest BCUT2D eigenvalue weighted by Gasteiger charge is -2.36. The number of nitrogens with zero attached hydrogens (tertiary/aromatic N) is 3. The van der Waals surface area contributed by atoms with Crippen LogP contribution < -0.4 is 4.90 Å². The Labute approximate surface area is 117 Å². The van der Waals surface area contributed by atoms with E-state index >= 15 is 0 Å². The van der Waals surface area contributed by atoms with Crippen LogP contribution in [-0.2, 0) is 4.74 Å². The lowest BCUT2D eigenvalue weighted by atomic mass is 10.1. The van der Waals surface area contributed by atoms with E-state index in [1.807, 2.05) is 4.90 Å². The quantitative estimate of drug-likeness (QED) is 0.660. The Balaban J connectivity index is 2.34. The summed E-state index contributed by atoms with van der Waals surface area (Å²) in [5.74, 6) is 0.356. The molecular weight excluding hydrogens is 262 g/mol. The van der Waals surface area contributed by atoms with Crippen LogP contribution in [0, 0.1) is 17.0 Å². The van der Waals surface area contributed by atoms with Gasteiger partial charge < -0.3 is 14.7 Å². The Hall–Kier alpha value is -1.73. The van der Waals surface area contributed by atoms with Gasteiger partial charge in [-0.3, -0.25) is 10.1 Å². The molecule has 1 aliphatic heterocycles. The van der Waals surface area contributed by atoms with E-state index in [9.17, 15) is 15.2 Å². The van der Waals surface area contributed by atoms with E-state index in [2.05, 4.69) is 4.98 Å². The van der Waals surface area contributed by atoms with Crippen molar-refractivity contribution in [2.75, 3.05) is 24.7 Å². The number of hydrogen-bond acceptors (Lipinski definition) is 6. The first-order valence-electron chi connectivity index (χ1n) is 6.62. The molecule has 1 aromatic heterocycles. The first-order valence-corrected chi connectivity index (χ1v) is 6.62. The van der Waals surface area contributed by atoms with Crippen LogP contribution >= 0.6 is 0 Å². The van der Waals surface area contributed by atoms with Crippen molar-refractivity contribution in [2.24, 2.45) is 0 Å². The van der Waals surface area contributed by atoms with E-state index in [0.29, 0.717) is 32.0 Å². The second-order valence-corrected chi connectivity index (χ2v) is 5.12. The summed E-state index contributed by atoms with van der Waals surface area (Å²) in [6, 6.07) is 1.43. The number of nitro groups is 1. The molecular formula is C13H19N3O4. The fourth-order valence-corrected chi connectivity index (χ4v) is 2.42. The average Bonchev–Trinajstić information content (AvgIpc) is 2.39. The highest BCUT2D eigenvalue weighted by molar-refractivity contribution is 5.59. The predicted octanol–water partition coefficient (Wildman–Crippen LogP) is 1.27. The van der Waals surface area contributed by atoms with Gasteiger partial charge in [0, 0.05) is 18.8 Å². The smallest absolute Gasteiger partial charge is 0.311 e. The third-order valence-electron chi connectivity index (χ3n) is 3.29. The Morgan fingerprint density at radius 1 is 1.70 bits per heavy atom. The molecule has 7 nitrogen and oxygen atoms in total. The maximum Gasteiger partial charge on any atom is 0.311 e. The Kier molecular flexibility index (Phi) is 4.51. The zero-order valence-electron chi connectivity index (χ0n) is 11.7. The molecule has 7 heteroatoms. The van der Waals surface area contributed by atoms with Gasteiger partial charge in [0.2, 0.25) is 5.82 Å². The number of anilines is 1. The van der Waals surface area contributed by atoms with Gasteiger partial charge in [0.15, 0.2) is 0 Å². The van der Waals surface area contributed by atoms with E-state index in [4.69, 9.17) is 4.74 Å². The van der Waals surface area contributed by atoms with Crippen molar-refractivity contribution in [2.45, 2.75) is 32.4 Å². The van der Waals surface area contributed by atoms with E-state index in [1.165, 1.54) is 6.07 Å². The first kappa shape index (κ1) is 14.7. The summed E-state index contributed by atoms with van der Waals surface area (Å²) < 4.78 is 5.41. The summed E-state index contributed by atoms with van der Waals surface area (Å²) in [6.07, 6.45) is 1.62. The molecule has 0 saturated carbocycles. The SMILES string of the molecule is Cc1cnc(N2CCOCC2CC(C)O)c([N+](=O)[O-])c1. The second kappa shape index (κ2) is 6.15. The third-order valence-corrected chi connectivity index (χ3v) is 3.29. The Bertz CT molecular complexity index is 493. The molecule has 0 spiro atoms. The number of morpholine rings is 1. The van der Waals surface area contributed by atoms with Gasteiger partial charge in [0.25, 0.3) is 0 Å². The van der Waals surface area contributed by atoms with Gasteiger partial charge in [-0.2, -0.15) is 0 Å². The lowest BCUT2D eigenvalue weighted by molar-refractivity contribution is -0.384. The number of aryl methyl sites for hydroxylation is 1. The monoisotopic (exact) mass is 281 g/mol. The van der Waals surface area contributed by atoms with Crippen molar-refractivity contribution in [3.05, 3.63) is 27.9 Å². The van der Waals surface area contributed by atoms with Crippen LogP contribution in [0.2, 0.25) is 0 Å². The normalized spacial score (nSPS) is 20.8. The molecule has 0 radical (unpaired) electrons. The second-order valence-electron chi connectivity index (χ2n) is 5.12. The molecule has 1 N–H and O–H groups in total. The largest absolute Gasteiger partial charge is 0.393 e. The van der Waals surface area contributed by atoms with Crippen molar-refractivity contribution < 1.29 is 14.8 Å². The molecule has 1 aromatic rings. The lowest BCUT2D eigenvalue weighted by Crippen LogP contribution is -2.47. The van der Waals surface area contributed by atoms with Crippen LogP contribution in [0.25, 0.3) is 0 Å². The number of hydrogen-bond donors (Lipinski definition) is 1. The molecule has 0 amide bonds. The van der Waals surface area contributed by atoms with Crippen LogP contribution in [0.4, 0.5) is 11.5 Å². The Morgan fingerprint density at radius 2 is 2.45 bits per heavy atom. The molecule has 0 aliphatic carbocycles. The zero-order valence-corrected chi connectivity index (χ0v) is 11.7. The van der Waals surface area contributed by atoms with Crippen molar-refractivity contribution >= 4 is 11.5 Å². The number of ether oxygens (including phenoxy) is 1. The highest BCUT2D eigenvalue weighted by Crippen LogP contribution is 2.30. The van der Waals surface area contributed by atoms with E-state index in [0.717, 1.165) is 5.56 Å². The highest BCUT2D eigenvalue weighted by Gasteiger charge is 2.30. The number of rotatable bonds is 4. The summed E-state index contributed by atoms with van der Waals surface area (Å²) >= 11 is 0. The number of aromatic nitrogens is 1. The van der Waals surface area contributed by atoms with Crippen LogP contribution in [0.1, 0.15) is 18.9 Å². The van der Waals surface area contributed by atoms with Crippen molar-refractivity contribution in [1.82, 2.24) is 4.98 Å². The molecule has 2 heterocycles. The fraction of sp³-hybridized carbons (Fsp3) is 0.615. The molecule has 1 saturated heterocycles. The van der Waals surface area contributed by atoms with Crippen LogP contribution in [0.15, 0.2) is 12.3 Å². The number of pyridine rings is 1. The van der Waals surface area contributed by atoms with E-state index < -0.39 is 11.0 Å². The summed E-state index contributed by atoms with van der Waals surface area (Å²) in [5, 5.41) is 20.8. The molecule has 2 rings (SSSR count). The maximum absolute atomic E-state index is 11.2. The topological polar surface area (TPSA) is 88.7 Å².